The van der Waals surface area contributed by atoms with Crippen LogP contribution in [-0.4, -0.2) is 0 Å². The summed E-state index contributed by atoms with van der Waals surface area (Å²) < 4.78 is 11.7. The second kappa shape index (κ2) is 9.16. The summed E-state index contributed by atoms with van der Waals surface area (Å²) in [6.45, 7) is 3.97. The van der Waals surface area contributed by atoms with E-state index in [0.29, 0.717) is 19.8 Å². The fourth-order valence-corrected chi connectivity index (χ4v) is 2.64. The van der Waals surface area contributed by atoms with E-state index in [0.717, 1.165) is 0 Å². The molecule has 0 N–H and O–H groups in total. The summed E-state index contributed by atoms with van der Waals surface area (Å²) in [5.41, 5.74) is 4.75. The summed E-state index contributed by atoms with van der Waals surface area (Å²) in [7, 11) is 0. The minimum Gasteiger partial charge on any atom is -0.372 e. The van der Waals surface area contributed by atoms with Crippen molar-refractivity contribution in [2.75, 3.05) is 0 Å². The molecule has 0 aliphatic heterocycles. The smallest absolute Gasteiger partial charge is 0.0801 e. The minimum atomic E-state index is 0.0690. The first kappa shape index (κ1) is 17.4. The van der Waals surface area contributed by atoms with Crippen molar-refractivity contribution in [3.63, 3.8) is 0 Å². The zero-order valence-corrected chi connectivity index (χ0v) is 14.6. The predicted molar refractivity (Wildman–Crippen MR) is 101 cm³/mol. The van der Waals surface area contributed by atoms with Gasteiger partial charge in [-0.05, 0) is 29.2 Å². The highest BCUT2D eigenvalue weighted by atomic mass is 16.5. The third-order valence-electron chi connectivity index (χ3n) is 4.17. The third-order valence-corrected chi connectivity index (χ3v) is 4.17. The zero-order chi connectivity index (χ0) is 17.3. The zero-order valence-electron chi connectivity index (χ0n) is 14.6. The number of rotatable bonds is 8. The normalized spacial score (nSPS) is 12.0. The molecule has 0 saturated heterocycles. The molecule has 0 amide bonds. The topological polar surface area (TPSA) is 18.5 Å². The van der Waals surface area contributed by atoms with Gasteiger partial charge in [0.1, 0.15) is 0 Å². The van der Waals surface area contributed by atoms with Crippen molar-refractivity contribution >= 4 is 0 Å². The summed E-state index contributed by atoms with van der Waals surface area (Å²) in [4.78, 5) is 0. The molecule has 0 bridgehead atoms. The average molecular weight is 332 g/mol. The van der Waals surface area contributed by atoms with Gasteiger partial charge in [0.2, 0.25) is 0 Å². The summed E-state index contributed by atoms with van der Waals surface area (Å²) >= 11 is 0. The Labute approximate surface area is 150 Å². The minimum absolute atomic E-state index is 0.0690. The van der Waals surface area contributed by atoms with E-state index in [-0.39, 0.29) is 6.10 Å². The van der Waals surface area contributed by atoms with E-state index in [9.17, 15) is 0 Å². The molecule has 0 aliphatic carbocycles. The van der Waals surface area contributed by atoms with Gasteiger partial charge in [0.25, 0.3) is 0 Å². The maximum atomic E-state index is 5.96. The Balaban J connectivity index is 1.46. The molecule has 2 nitrogen and oxygen atoms in total. The molecule has 1 atom stereocenters. The van der Waals surface area contributed by atoms with Crippen LogP contribution in [0, 0.1) is 0 Å². The highest BCUT2D eigenvalue weighted by Crippen LogP contribution is 2.19. The SMILES string of the molecule is CC(OCc1ccccc1)c1ccc(COCc2ccccc2)cc1. The Morgan fingerprint density at radius 1 is 0.600 bits per heavy atom. The Kier molecular flexibility index (Phi) is 6.38. The maximum Gasteiger partial charge on any atom is 0.0801 e. The van der Waals surface area contributed by atoms with Crippen LogP contribution in [-0.2, 0) is 29.3 Å². The molecule has 0 spiro atoms. The molecule has 3 aromatic rings. The second-order valence-corrected chi connectivity index (χ2v) is 6.16. The molecule has 3 rings (SSSR count). The standard InChI is InChI=1S/C23H24O2/c1-19(25-18-21-10-6-3-7-11-21)23-14-12-22(13-15-23)17-24-16-20-8-4-2-5-9-20/h2-15,19H,16-18H2,1H3. The lowest BCUT2D eigenvalue weighted by atomic mass is 10.1. The molecule has 2 heteroatoms. The lowest BCUT2D eigenvalue weighted by molar-refractivity contribution is 0.0525. The van der Waals surface area contributed by atoms with Gasteiger partial charge in [0.05, 0.1) is 25.9 Å². The molecule has 1 unspecified atom stereocenters. The summed E-state index contributed by atoms with van der Waals surface area (Å²) in [6, 6.07) is 29.0. The maximum absolute atomic E-state index is 5.96. The lowest BCUT2D eigenvalue weighted by Crippen LogP contribution is -2.01. The lowest BCUT2D eigenvalue weighted by Gasteiger charge is -2.14. The monoisotopic (exact) mass is 332 g/mol. The first-order valence-electron chi connectivity index (χ1n) is 8.67. The molecule has 0 aromatic heterocycles. The molecule has 0 radical (unpaired) electrons. The van der Waals surface area contributed by atoms with Gasteiger partial charge < -0.3 is 9.47 Å². The molecule has 3 aromatic carbocycles. The van der Waals surface area contributed by atoms with Gasteiger partial charge in [-0.2, -0.15) is 0 Å². The van der Waals surface area contributed by atoms with Gasteiger partial charge in [-0.25, -0.2) is 0 Å². The van der Waals surface area contributed by atoms with Gasteiger partial charge in [0, 0.05) is 0 Å². The van der Waals surface area contributed by atoms with Crippen LogP contribution < -0.4 is 0 Å². The Morgan fingerprint density at radius 3 is 1.64 bits per heavy atom. The van der Waals surface area contributed by atoms with Crippen molar-refractivity contribution < 1.29 is 9.47 Å². The summed E-state index contributed by atoms with van der Waals surface area (Å²) in [5, 5.41) is 0. The molecule has 0 aliphatic rings. The third kappa shape index (κ3) is 5.56. The van der Waals surface area contributed by atoms with Crippen LogP contribution in [0.15, 0.2) is 84.9 Å². The second-order valence-electron chi connectivity index (χ2n) is 6.16. The van der Waals surface area contributed by atoms with E-state index in [2.05, 4.69) is 55.5 Å². The molecule has 0 fully saturated rings. The first-order valence-corrected chi connectivity index (χ1v) is 8.67. The van der Waals surface area contributed by atoms with E-state index < -0.39 is 0 Å². The summed E-state index contributed by atoms with van der Waals surface area (Å²) in [6.07, 6.45) is 0.0690. The van der Waals surface area contributed by atoms with Crippen molar-refractivity contribution in [3.05, 3.63) is 107 Å². The highest BCUT2D eigenvalue weighted by Gasteiger charge is 2.06. The highest BCUT2D eigenvalue weighted by molar-refractivity contribution is 5.24. The Hall–Kier alpha value is -2.42. The van der Waals surface area contributed by atoms with E-state index in [1.165, 1.54) is 22.3 Å². The van der Waals surface area contributed by atoms with Gasteiger partial charge in [-0.1, -0.05) is 84.9 Å². The van der Waals surface area contributed by atoms with Gasteiger partial charge in [0.15, 0.2) is 0 Å². The molecule has 25 heavy (non-hydrogen) atoms. The van der Waals surface area contributed by atoms with Crippen LogP contribution in [0.1, 0.15) is 35.3 Å². The van der Waals surface area contributed by atoms with Crippen LogP contribution in [0.5, 0.6) is 0 Å². The molecule has 0 heterocycles. The van der Waals surface area contributed by atoms with E-state index in [1.807, 2.05) is 36.4 Å². The summed E-state index contributed by atoms with van der Waals surface area (Å²) in [5.74, 6) is 0. The van der Waals surface area contributed by atoms with E-state index in [4.69, 9.17) is 9.47 Å². The number of hydrogen-bond donors (Lipinski definition) is 0. The van der Waals surface area contributed by atoms with Gasteiger partial charge >= 0.3 is 0 Å². The average Bonchev–Trinajstić information content (AvgIpc) is 2.68. The molecular formula is C23H24O2. The molecule has 128 valence electrons. The largest absolute Gasteiger partial charge is 0.372 e. The fraction of sp³-hybridized carbons (Fsp3) is 0.217. The van der Waals surface area contributed by atoms with Crippen LogP contribution >= 0.6 is 0 Å². The number of ether oxygens (including phenoxy) is 2. The van der Waals surface area contributed by atoms with Crippen LogP contribution in [0.2, 0.25) is 0 Å². The van der Waals surface area contributed by atoms with Crippen molar-refractivity contribution in [2.45, 2.75) is 32.8 Å². The predicted octanol–water partition coefficient (Wildman–Crippen LogP) is 5.68. The van der Waals surface area contributed by atoms with Crippen molar-refractivity contribution in [2.24, 2.45) is 0 Å². The van der Waals surface area contributed by atoms with Crippen LogP contribution in [0.4, 0.5) is 0 Å². The fourth-order valence-electron chi connectivity index (χ4n) is 2.64. The first-order chi connectivity index (χ1) is 12.3. The van der Waals surface area contributed by atoms with E-state index >= 15 is 0 Å². The van der Waals surface area contributed by atoms with E-state index in [1.54, 1.807) is 0 Å². The van der Waals surface area contributed by atoms with Gasteiger partial charge in [-0.15, -0.1) is 0 Å². The van der Waals surface area contributed by atoms with Gasteiger partial charge in [-0.3, -0.25) is 0 Å². The quantitative estimate of drug-likeness (QED) is 0.528. The van der Waals surface area contributed by atoms with Crippen LogP contribution in [0.25, 0.3) is 0 Å². The molecule has 0 saturated carbocycles. The Bertz CT molecular complexity index is 736. The van der Waals surface area contributed by atoms with Crippen molar-refractivity contribution in [1.82, 2.24) is 0 Å². The molecular weight excluding hydrogens is 308 g/mol. The number of hydrogen-bond acceptors (Lipinski definition) is 2. The van der Waals surface area contributed by atoms with Crippen molar-refractivity contribution in [3.8, 4) is 0 Å². The number of benzene rings is 3. The van der Waals surface area contributed by atoms with Crippen molar-refractivity contribution in [1.29, 1.82) is 0 Å². The Morgan fingerprint density at radius 2 is 1.08 bits per heavy atom. The van der Waals surface area contributed by atoms with Crippen LogP contribution in [0.3, 0.4) is 0 Å².